The van der Waals surface area contributed by atoms with Crippen LogP contribution in [0.2, 0.25) is 5.02 Å². The number of nitrogens with zero attached hydrogens (tertiary/aromatic N) is 2. The number of likely N-dealkylation sites (tertiary alicyclic amines) is 1. The minimum atomic E-state index is -3.96. The molecule has 0 bridgehead atoms. The second kappa shape index (κ2) is 9.32. The van der Waals surface area contributed by atoms with Crippen molar-refractivity contribution in [3.63, 3.8) is 0 Å². The van der Waals surface area contributed by atoms with Crippen molar-refractivity contribution in [2.45, 2.75) is 22.8 Å². The fourth-order valence-corrected chi connectivity index (χ4v) is 5.40. The van der Waals surface area contributed by atoms with Crippen LogP contribution in [-0.4, -0.2) is 49.9 Å². The Balaban J connectivity index is 1.90. The molecule has 1 N–H and O–H groups in total. The van der Waals surface area contributed by atoms with Crippen LogP contribution in [-0.2, 0) is 14.6 Å². The highest BCUT2D eigenvalue weighted by Crippen LogP contribution is 2.32. The third kappa shape index (κ3) is 4.95. The van der Waals surface area contributed by atoms with Gasteiger partial charge in [-0.25, -0.2) is 17.6 Å². The number of carbonyl (C=O) groups excluding carboxylic acids is 2. The minimum absolute atomic E-state index is 0.0371. The lowest BCUT2D eigenvalue weighted by Crippen LogP contribution is -2.41. The molecular formula is C20H17ClFN3O5S. The number of carbonyl (C=O) groups is 2. The molecule has 0 aliphatic carbocycles. The van der Waals surface area contributed by atoms with Gasteiger partial charge >= 0.3 is 6.09 Å². The summed E-state index contributed by atoms with van der Waals surface area (Å²) in [6.45, 7) is -0.585. The largest absolute Gasteiger partial charge is 0.425 e. The molecule has 31 heavy (non-hydrogen) atoms. The number of nitrogens with one attached hydrogen (secondary N) is 1. The molecule has 11 heteroatoms. The van der Waals surface area contributed by atoms with E-state index >= 15 is 0 Å². The molecule has 162 valence electrons. The Labute approximate surface area is 183 Å². The van der Waals surface area contributed by atoms with Crippen LogP contribution in [0.15, 0.2) is 53.4 Å². The molecule has 2 aromatic rings. The lowest BCUT2D eigenvalue weighted by Gasteiger charge is -2.24. The molecule has 1 saturated heterocycles. The highest BCUT2D eigenvalue weighted by atomic mass is 35.5. The van der Waals surface area contributed by atoms with Crippen LogP contribution >= 0.6 is 11.6 Å². The Morgan fingerprint density at radius 1 is 1.23 bits per heavy atom. The summed E-state index contributed by atoms with van der Waals surface area (Å²) in [7, 11) is -3.96. The molecule has 1 aliphatic rings. The fraction of sp³-hybridized carbons (Fsp3) is 0.250. The number of rotatable bonds is 5. The Kier molecular flexibility index (Phi) is 6.77. The number of amides is 2. The van der Waals surface area contributed by atoms with Gasteiger partial charge in [0.05, 0.1) is 21.2 Å². The van der Waals surface area contributed by atoms with Crippen molar-refractivity contribution >= 4 is 33.4 Å². The maximum atomic E-state index is 13.2. The maximum absolute atomic E-state index is 13.2. The van der Waals surface area contributed by atoms with Gasteiger partial charge in [0, 0.05) is 18.5 Å². The quantitative estimate of drug-likeness (QED) is 0.678. The van der Waals surface area contributed by atoms with Crippen LogP contribution in [0.5, 0.6) is 0 Å². The van der Waals surface area contributed by atoms with Gasteiger partial charge in [-0.1, -0.05) is 23.7 Å². The molecule has 3 rings (SSSR count). The SMILES string of the molecule is N#CCNC(=O)O[C@H]1C[C@@H](S(=O)(=O)c2ccccc2Cl)CN1C(=O)c1ccc(F)cc1. The Hall–Kier alpha value is -3.16. The molecule has 0 aromatic heterocycles. The molecule has 2 atom stereocenters. The summed E-state index contributed by atoms with van der Waals surface area (Å²) in [5.41, 5.74) is 0.100. The number of sulfone groups is 1. The molecule has 1 heterocycles. The van der Waals surface area contributed by atoms with E-state index in [1.54, 1.807) is 12.1 Å². The van der Waals surface area contributed by atoms with Gasteiger partial charge in [-0.2, -0.15) is 5.26 Å². The van der Waals surface area contributed by atoms with Crippen molar-refractivity contribution < 1.29 is 27.1 Å². The molecule has 0 unspecified atom stereocenters. The minimum Gasteiger partial charge on any atom is -0.425 e. The van der Waals surface area contributed by atoms with Crippen molar-refractivity contribution in [3.8, 4) is 6.07 Å². The number of alkyl carbamates (subject to hydrolysis) is 1. The molecule has 0 spiro atoms. The predicted molar refractivity (Wildman–Crippen MR) is 108 cm³/mol. The third-order valence-corrected chi connectivity index (χ3v) is 7.33. The number of halogens is 2. The van der Waals surface area contributed by atoms with Gasteiger partial charge < -0.3 is 15.0 Å². The molecule has 2 aromatic carbocycles. The first-order valence-corrected chi connectivity index (χ1v) is 11.0. The average molecular weight is 466 g/mol. The number of ether oxygens (including phenoxy) is 1. The summed E-state index contributed by atoms with van der Waals surface area (Å²) >= 11 is 6.05. The standard InChI is InChI=1S/C20H17ClFN3O5S/c21-16-3-1-2-4-17(16)31(28,29)15-11-18(30-20(27)24-10-9-23)25(12-15)19(26)13-5-7-14(22)8-6-13/h1-8,15,18H,10-12H2,(H,24,27)/t15-,18+/m1/s1. The van der Waals surface area contributed by atoms with Gasteiger partial charge in [0.1, 0.15) is 12.4 Å². The highest BCUT2D eigenvalue weighted by Gasteiger charge is 2.45. The van der Waals surface area contributed by atoms with Crippen molar-refractivity contribution in [1.29, 1.82) is 5.26 Å². The van der Waals surface area contributed by atoms with Gasteiger partial charge in [0.25, 0.3) is 5.91 Å². The van der Waals surface area contributed by atoms with Crippen LogP contribution in [0.1, 0.15) is 16.8 Å². The average Bonchev–Trinajstić information content (AvgIpc) is 3.17. The summed E-state index contributed by atoms with van der Waals surface area (Å²) in [6, 6.07) is 12.3. The summed E-state index contributed by atoms with van der Waals surface area (Å²) in [5.74, 6) is -1.17. The summed E-state index contributed by atoms with van der Waals surface area (Å²) in [5, 5.41) is 9.71. The van der Waals surface area contributed by atoms with Crippen LogP contribution in [0.25, 0.3) is 0 Å². The lowest BCUT2D eigenvalue weighted by atomic mass is 10.2. The molecule has 1 aliphatic heterocycles. The first kappa shape index (κ1) is 22.5. The monoisotopic (exact) mass is 465 g/mol. The third-order valence-electron chi connectivity index (χ3n) is 4.70. The van der Waals surface area contributed by atoms with Gasteiger partial charge in [-0.3, -0.25) is 4.79 Å². The Morgan fingerprint density at radius 3 is 2.55 bits per heavy atom. The summed E-state index contributed by atoms with van der Waals surface area (Å²) < 4.78 is 44.7. The second-order valence-corrected chi connectivity index (χ2v) is 9.27. The van der Waals surface area contributed by atoms with Crippen LogP contribution in [0.4, 0.5) is 9.18 Å². The van der Waals surface area contributed by atoms with Crippen molar-refractivity contribution in [2.75, 3.05) is 13.1 Å². The van der Waals surface area contributed by atoms with Crippen LogP contribution in [0.3, 0.4) is 0 Å². The first-order chi connectivity index (χ1) is 14.7. The van der Waals surface area contributed by atoms with Crippen molar-refractivity contribution in [1.82, 2.24) is 10.2 Å². The van der Waals surface area contributed by atoms with Crippen LogP contribution in [0, 0.1) is 17.1 Å². The number of hydrogen-bond acceptors (Lipinski definition) is 6. The molecule has 0 saturated carbocycles. The predicted octanol–water partition coefficient (Wildman–Crippen LogP) is 2.74. The van der Waals surface area contributed by atoms with E-state index in [0.29, 0.717) is 0 Å². The van der Waals surface area contributed by atoms with Gasteiger partial charge in [0.2, 0.25) is 0 Å². The van der Waals surface area contributed by atoms with E-state index in [1.165, 1.54) is 30.3 Å². The maximum Gasteiger partial charge on any atom is 0.409 e. The van der Waals surface area contributed by atoms with Crippen molar-refractivity contribution in [2.24, 2.45) is 0 Å². The Bertz CT molecular complexity index is 1130. The first-order valence-electron chi connectivity index (χ1n) is 9.10. The summed E-state index contributed by atoms with van der Waals surface area (Å²) in [6.07, 6.45) is -2.38. The van der Waals surface area contributed by atoms with Crippen LogP contribution < -0.4 is 5.32 Å². The molecule has 1 fully saturated rings. The smallest absolute Gasteiger partial charge is 0.409 e. The zero-order valence-corrected chi connectivity index (χ0v) is 17.6. The van der Waals surface area contributed by atoms with E-state index in [1.807, 2.05) is 0 Å². The van der Waals surface area contributed by atoms with E-state index in [2.05, 4.69) is 5.32 Å². The fourth-order valence-electron chi connectivity index (χ4n) is 3.20. The van der Waals surface area contributed by atoms with E-state index in [0.717, 1.165) is 17.0 Å². The second-order valence-electron chi connectivity index (χ2n) is 6.67. The topological polar surface area (TPSA) is 117 Å². The van der Waals surface area contributed by atoms with E-state index < -0.39 is 39.1 Å². The van der Waals surface area contributed by atoms with Gasteiger partial charge in [-0.15, -0.1) is 0 Å². The zero-order valence-electron chi connectivity index (χ0n) is 16.0. The number of nitriles is 1. The lowest BCUT2D eigenvalue weighted by molar-refractivity contribution is 0.0146. The normalized spacial score (nSPS) is 18.3. The molecule has 2 amide bonds. The van der Waals surface area contributed by atoms with Gasteiger partial charge in [0.15, 0.2) is 16.1 Å². The van der Waals surface area contributed by atoms with E-state index in [9.17, 15) is 22.4 Å². The van der Waals surface area contributed by atoms with E-state index in [4.69, 9.17) is 21.6 Å². The molecule has 0 radical (unpaired) electrons. The number of hydrogen-bond donors (Lipinski definition) is 1. The zero-order chi connectivity index (χ0) is 22.6. The highest BCUT2D eigenvalue weighted by molar-refractivity contribution is 7.92. The molecule has 8 nitrogen and oxygen atoms in total. The van der Waals surface area contributed by atoms with E-state index in [-0.39, 0.29) is 35.0 Å². The summed E-state index contributed by atoms with van der Waals surface area (Å²) in [4.78, 5) is 25.9. The molecular weight excluding hydrogens is 449 g/mol. The van der Waals surface area contributed by atoms with Gasteiger partial charge in [-0.05, 0) is 36.4 Å². The number of benzene rings is 2. The Morgan fingerprint density at radius 2 is 1.90 bits per heavy atom. The van der Waals surface area contributed by atoms with Crippen molar-refractivity contribution in [3.05, 3.63) is 64.9 Å².